The summed E-state index contributed by atoms with van der Waals surface area (Å²) in [7, 11) is 1.53. The Bertz CT molecular complexity index is 1130. The number of carbonyl (C=O) groups is 2. The molecule has 0 aliphatic rings. The Morgan fingerprint density at radius 3 is 2.66 bits per heavy atom. The first kappa shape index (κ1) is 20.6. The SMILES string of the molecule is Cc1cc(Br)ccc1NC(=O)CN(C)C(=O)COc1ccc2ccc(=O)oc2c1. The molecule has 0 saturated heterocycles. The minimum atomic E-state index is -0.461. The van der Waals surface area contributed by atoms with Gasteiger partial charge in [0, 0.05) is 34.7 Å². The van der Waals surface area contributed by atoms with Crippen LogP contribution in [0.15, 0.2) is 62.2 Å². The van der Waals surface area contributed by atoms with Crippen molar-refractivity contribution >= 4 is 44.4 Å². The number of aryl methyl sites for hydroxylation is 1. The van der Waals surface area contributed by atoms with Crippen LogP contribution >= 0.6 is 15.9 Å². The maximum absolute atomic E-state index is 12.3. The van der Waals surface area contributed by atoms with E-state index in [4.69, 9.17) is 9.15 Å². The van der Waals surface area contributed by atoms with Gasteiger partial charge in [-0.25, -0.2) is 4.79 Å². The molecular formula is C21H19BrN2O5. The molecule has 0 bridgehead atoms. The van der Waals surface area contributed by atoms with Crippen molar-refractivity contribution in [3.05, 3.63) is 69.0 Å². The highest BCUT2D eigenvalue weighted by Gasteiger charge is 2.15. The van der Waals surface area contributed by atoms with E-state index in [-0.39, 0.29) is 25.0 Å². The molecule has 0 unspecified atom stereocenters. The van der Waals surface area contributed by atoms with E-state index in [0.717, 1.165) is 15.4 Å². The summed E-state index contributed by atoms with van der Waals surface area (Å²) in [6.07, 6.45) is 0. The molecule has 0 spiro atoms. The Balaban J connectivity index is 1.54. The minimum Gasteiger partial charge on any atom is -0.484 e. The highest BCUT2D eigenvalue weighted by atomic mass is 79.9. The highest BCUT2D eigenvalue weighted by Crippen LogP contribution is 2.20. The second kappa shape index (κ2) is 8.91. The quantitative estimate of drug-likeness (QED) is 0.572. The normalized spacial score (nSPS) is 10.6. The maximum Gasteiger partial charge on any atom is 0.336 e. The van der Waals surface area contributed by atoms with Gasteiger partial charge >= 0.3 is 5.63 Å². The number of halogens is 1. The smallest absolute Gasteiger partial charge is 0.336 e. The largest absolute Gasteiger partial charge is 0.484 e. The van der Waals surface area contributed by atoms with E-state index >= 15 is 0 Å². The summed E-state index contributed by atoms with van der Waals surface area (Å²) >= 11 is 3.37. The van der Waals surface area contributed by atoms with Crippen molar-refractivity contribution in [2.75, 3.05) is 25.5 Å². The fourth-order valence-electron chi connectivity index (χ4n) is 2.65. The van der Waals surface area contributed by atoms with Gasteiger partial charge in [-0.15, -0.1) is 0 Å². The van der Waals surface area contributed by atoms with Gasteiger partial charge in [-0.1, -0.05) is 15.9 Å². The van der Waals surface area contributed by atoms with Crippen molar-refractivity contribution in [2.45, 2.75) is 6.92 Å². The molecular weight excluding hydrogens is 440 g/mol. The third-order valence-corrected chi connectivity index (χ3v) is 4.72. The molecule has 3 aromatic rings. The van der Waals surface area contributed by atoms with Crippen molar-refractivity contribution < 1.29 is 18.7 Å². The highest BCUT2D eigenvalue weighted by molar-refractivity contribution is 9.10. The Labute approximate surface area is 175 Å². The lowest BCUT2D eigenvalue weighted by Crippen LogP contribution is -2.37. The number of anilines is 1. The average molecular weight is 459 g/mol. The molecule has 0 saturated carbocycles. The second-order valence-electron chi connectivity index (χ2n) is 6.50. The summed E-state index contributed by atoms with van der Waals surface area (Å²) < 4.78 is 11.5. The number of likely N-dealkylation sites (N-methyl/N-ethyl adjacent to an activating group) is 1. The van der Waals surface area contributed by atoms with Gasteiger partial charge in [0.2, 0.25) is 5.91 Å². The molecule has 29 heavy (non-hydrogen) atoms. The van der Waals surface area contributed by atoms with Crippen LogP contribution < -0.4 is 15.7 Å². The van der Waals surface area contributed by atoms with E-state index in [2.05, 4.69) is 21.2 Å². The van der Waals surface area contributed by atoms with Crippen LogP contribution in [-0.4, -0.2) is 36.9 Å². The summed E-state index contributed by atoms with van der Waals surface area (Å²) in [6, 6.07) is 13.5. The molecule has 1 N–H and O–H groups in total. The predicted molar refractivity (Wildman–Crippen MR) is 113 cm³/mol. The van der Waals surface area contributed by atoms with Gasteiger partial charge in [0.15, 0.2) is 6.61 Å². The molecule has 0 aliphatic carbocycles. The number of nitrogens with zero attached hydrogens (tertiary/aromatic N) is 1. The Morgan fingerprint density at radius 1 is 1.14 bits per heavy atom. The maximum atomic E-state index is 12.3. The standard InChI is InChI=1S/C21H19BrN2O5/c1-13-9-15(22)5-7-17(13)23-19(25)11-24(2)20(26)12-28-16-6-3-14-4-8-21(27)29-18(14)10-16/h3-10H,11-12H2,1-2H3,(H,23,25). The van der Waals surface area contributed by atoms with Crippen LogP contribution in [0.5, 0.6) is 5.75 Å². The topological polar surface area (TPSA) is 88.9 Å². The summed E-state index contributed by atoms with van der Waals surface area (Å²) in [5.74, 6) is -0.274. The Morgan fingerprint density at radius 2 is 1.90 bits per heavy atom. The van der Waals surface area contributed by atoms with E-state index in [1.54, 1.807) is 30.3 Å². The van der Waals surface area contributed by atoms with E-state index in [1.807, 2.05) is 19.1 Å². The van der Waals surface area contributed by atoms with Crippen LogP contribution in [0.25, 0.3) is 11.0 Å². The average Bonchev–Trinajstić information content (AvgIpc) is 2.67. The fraction of sp³-hybridized carbons (Fsp3) is 0.190. The van der Waals surface area contributed by atoms with Crippen molar-refractivity contribution in [1.82, 2.24) is 4.90 Å². The van der Waals surface area contributed by atoms with E-state index < -0.39 is 5.63 Å². The van der Waals surface area contributed by atoms with Gasteiger partial charge in [-0.2, -0.15) is 0 Å². The van der Waals surface area contributed by atoms with Crippen molar-refractivity contribution in [3.63, 3.8) is 0 Å². The lowest BCUT2D eigenvalue weighted by Gasteiger charge is -2.17. The number of rotatable bonds is 6. The predicted octanol–water partition coefficient (Wildman–Crippen LogP) is 3.34. The van der Waals surface area contributed by atoms with Crippen molar-refractivity contribution in [3.8, 4) is 5.75 Å². The van der Waals surface area contributed by atoms with E-state index in [0.29, 0.717) is 17.0 Å². The molecule has 0 aliphatic heterocycles. The van der Waals surface area contributed by atoms with Crippen LogP contribution in [0, 0.1) is 6.92 Å². The zero-order chi connectivity index (χ0) is 21.0. The van der Waals surface area contributed by atoms with Gasteiger partial charge in [-0.3, -0.25) is 9.59 Å². The molecule has 1 aromatic heterocycles. The van der Waals surface area contributed by atoms with Crippen LogP contribution in [0.2, 0.25) is 0 Å². The van der Waals surface area contributed by atoms with Crippen LogP contribution in [0.4, 0.5) is 5.69 Å². The van der Waals surface area contributed by atoms with Crippen LogP contribution in [-0.2, 0) is 9.59 Å². The number of fused-ring (bicyclic) bond motifs is 1. The number of amides is 2. The first-order valence-corrected chi connectivity index (χ1v) is 9.58. The second-order valence-corrected chi connectivity index (χ2v) is 7.42. The van der Waals surface area contributed by atoms with Crippen LogP contribution in [0.3, 0.4) is 0 Å². The van der Waals surface area contributed by atoms with Gasteiger partial charge in [0.05, 0.1) is 6.54 Å². The van der Waals surface area contributed by atoms with Crippen molar-refractivity contribution in [2.24, 2.45) is 0 Å². The molecule has 2 aromatic carbocycles. The number of carbonyl (C=O) groups excluding carboxylic acids is 2. The molecule has 3 rings (SSSR count). The zero-order valence-corrected chi connectivity index (χ0v) is 17.5. The Kier molecular flexibility index (Phi) is 6.33. The van der Waals surface area contributed by atoms with E-state index in [9.17, 15) is 14.4 Å². The summed E-state index contributed by atoms with van der Waals surface area (Å²) in [6.45, 7) is 1.53. The Hall–Kier alpha value is -3.13. The number of nitrogens with one attached hydrogen (secondary N) is 1. The van der Waals surface area contributed by atoms with Gasteiger partial charge in [-0.05, 0) is 48.9 Å². The number of benzene rings is 2. The number of hydrogen-bond donors (Lipinski definition) is 1. The molecule has 8 heteroatoms. The molecule has 7 nitrogen and oxygen atoms in total. The zero-order valence-electron chi connectivity index (χ0n) is 15.9. The number of hydrogen-bond acceptors (Lipinski definition) is 5. The lowest BCUT2D eigenvalue weighted by molar-refractivity contribution is -0.135. The van der Waals surface area contributed by atoms with Gasteiger partial charge < -0.3 is 19.4 Å². The summed E-state index contributed by atoms with van der Waals surface area (Å²) in [5.41, 5.74) is 1.51. The molecule has 0 radical (unpaired) electrons. The first-order chi connectivity index (χ1) is 13.8. The molecule has 150 valence electrons. The van der Waals surface area contributed by atoms with E-state index in [1.165, 1.54) is 18.0 Å². The van der Waals surface area contributed by atoms with Gasteiger partial charge in [0.25, 0.3) is 5.91 Å². The molecule has 1 heterocycles. The summed E-state index contributed by atoms with van der Waals surface area (Å²) in [4.78, 5) is 37.1. The van der Waals surface area contributed by atoms with Crippen molar-refractivity contribution in [1.29, 1.82) is 0 Å². The first-order valence-electron chi connectivity index (χ1n) is 8.78. The number of ether oxygens (including phenoxy) is 1. The molecule has 0 fully saturated rings. The molecule has 2 amide bonds. The lowest BCUT2D eigenvalue weighted by atomic mass is 10.2. The minimum absolute atomic E-state index is 0.107. The molecule has 0 atom stereocenters. The third kappa shape index (κ3) is 5.45. The third-order valence-electron chi connectivity index (χ3n) is 4.23. The summed E-state index contributed by atoms with van der Waals surface area (Å²) in [5, 5.41) is 3.54. The monoisotopic (exact) mass is 458 g/mol. The van der Waals surface area contributed by atoms with Crippen LogP contribution in [0.1, 0.15) is 5.56 Å². The fourth-order valence-corrected chi connectivity index (χ4v) is 3.12. The van der Waals surface area contributed by atoms with Gasteiger partial charge in [0.1, 0.15) is 11.3 Å².